The van der Waals surface area contributed by atoms with Gasteiger partial charge >= 0.3 is 5.82 Å². The molecule has 1 aliphatic carbocycles. The van der Waals surface area contributed by atoms with Gasteiger partial charge in [-0.05, 0) is 96.6 Å². The zero-order valence-corrected chi connectivity index (χ0v) is 29.1. The first-order chi connectivity index (χ1) is 23.6. The predicted octanol–water partition coefficient (Wildman–Crippen LogP) is 10.4. The van der Waals surface area contributed by atoms with Gasteiger partial charge in [0.15, 0.2) is 12.4 Å². The van der Waals surface area contributed by atoms with Crippen molar-refractivity contribution in [2.24, 2.45) is 0 Å². The van der Waals surface area contributed by atoms with Crippen LogP contribution in [0.25, 0.3) is 55.2 Å². The minimum Gasteiger partial charge on any atom is -0.104 e. The summed E-state index contributed by atoms with van der Waals surface area (Å²) in [5, 5.41) is 5.17. The van der Waals surface area contributed by atoms with E-state index < -0.39 is 0 Å². The molecule has 2 nitrogen and oxygen atoms in total. The Labute approximate surface area is 288 Å². The minimum absolute atomic E-state index is 0.0180. The van der Waals surface area contributed by atoms with Crippen LogP contribution in [0.4, 0.5) is 0 Å². The Hall–Kier alpha value is -5.34. The van der Waals surface area contributed by atoms with Crippen LogP contribution in [0.15, 0.2) is 128 Å². The van der Waals surface area contributed by atoms with E-state index in [0.29, 0.717) is 0 Å². The molecular weight excluding hydrogens is 593 g/mol. The van der Waals surface area contributed by atoms with E-state index in [4.69, 9.17) is 0 Å². The Morgan fingerprint density at radius 1 is 0.571 bits per heavy atom. The van der Waals surface area contributed by atoms with Crippen molar-refractivity contribution in [1.29, 1.82) is 0 Å². The van der Waals surface area contributed by atoms with Crippen LogP contribution in [0.2, 0.25) is 0 Å². The summed E-state index contributed by atoms with van der Waals surface area (Å²) in [6.45, 7) is 14.0. The monoisotopic (exact) mass is 632 g/mol. The highest BCUT2D eigenvalue weighted by atomic mass is 15.2. The van der Waals surface area contributed by atoms with Crippen LogP contribution in [0.1, 0.15) is 73.9 Å². The first-order valence-electron chi connectivity index (χ1n) is 17.6. The fourth-order valence-corrected chi connectivity index (χ4v) is 8.95. The van der Waals surface area contributed by atoms with Gasteiger partial charge in [-0.1, -0.05) is 101 Å². The molecule has 0 saturated carbocycles. The summed E-state index contributed by atoms with van der Waals surface area (Å²) in [5.41, 5.74) is 15.9. The van der Waals surface area contributed by atoms with Crippen LogP contribution in [0.5, 0.6) is 0 Å². The Bertz CT molecular complexity index is 2630. The van der Waals surface area contributed by atoms with Gasteiger partial charge in [0.2, 0.25) is 11.4 Å². The molecule has 1 atom stereocenters. The molecule has 10 rings (SSSR count). The molecule has 5 aromatic carbocycles. The van der Waals surface area contributed by atoms with Gasteiger partial charge in [-0.3, -0.25) is 0 Å². The number of hydrogen-bond acceptors (Lipinski definition) is 0. The third-order valence-electron chi connectivity index (χ3n) is 11.6. The smallest absolute Gasteiger partial charge is 0.104 e. The Morgan fingerprint density at radius 2 is 1.27 bits per heavy atom. The molecule has 4 heterocycles. The maximum absolute atomic E-state index is 2.57. The van der Waals surface area contributed by atoms with Crippen molar-refractivity contribution in [3.8, 4) is 33.6 Å². The lowest BCUT2D eigenvalue weighted by Crippen LogP contribution is -2.54. The average molecular weight is 633 g/mol. The van der Waals surface area contributed by atoms with Gasteiger partial charge in [0.1, 0.15) is 0 Å². The van der Waals surface area contributed by atoms with E-state index in [0.717, 1.165) is 0 Å². The highest BCUT2D eigenvalue weighted by Crippen LogP contribution is 2.53. The van der Waals surface area contributed by atoms with E-state index in [-0.39, 0.29) is 16.7 Å². The number of fused-ring (bicyclic) bond motifs is 17. The highest BCUT2D eigenvalue weighted by molar-refractivity contribution is 6.09. The molecule has 2 bridgehead atoms. The summed E-state index contributed by atoms with van der Waals surface area (Å²) in [7, 11) is 0. The Kier molecular flexibility index (Phi) is 5.63. The maximum Gasteiger partial charge on any atom is 0.452 e. The van der Waals surface area contributed by atoms with E-state index in [2.05, 4.69) is 178 Å². The Morgan fingerprint density at radius 3 is 2.10 bits per heavy atom. The molecule has 2 heteroatoms. The fraction of sp³-hybridized carbons (Fsp3) is 0.191. The predicted molar refractivity (Wildman–Crippen MR) is 201 cm³/mol. The number of rotatable bonds is 0. The zero-order chi connectivity index (χ0) is 33.4. The Balaban J connectivity index is 1.36. The van der Waals surface area contributed by atoms with E-state index in [1.807, 2.05) is 0 Å². The van der Waals surface area contributed by atoms with E-state index >= 15 is 0 Å². The molecule has 49 heavy (non-hydrogen) atoms. The summed E-state index contributed by atoms with van der Waals surface area (Å²) in [6, 6.07) is 41.9. The molecular formula is C47H40N2+2. The molecule has 0 saturated heterocycles. The third kappa shape index (κ3) is 3.95. The normalized spacial score (nSPS) is 16.4. The van der Waals surface area contributed by atoms with Crippen molar-refractivity contribution in [2.45, 2.75) is 58.3 Å². The summed E-state index contributed by atoms with van der Waals surface area (Å²) in [5.74, 6) is 1.23. The van der Waals surface area contributed by atoms with Gasteiger partial charge in [-0.15, -0.1) is 9.13 Å². The van der Waals surface area contributed by atoms with Crippen LogP contribution in [0, 0.1) is 12.7 Å². The number of benzene rings is 5. The molecule has 0 spiro atoms. The summed E-state index contributed by atoms with van der Waals surface area (Å²) >= 11 is 0. The van der Waals surface area contributed by atoms with Gasteiger partial charge in [0.05, 0.1) is 17.2 Å². The van der Waals surface area contributed by atoms with E-state index in [1.54, 1.807) is 0 Å². The van der Waals surface area contributed by atoms with E-state index in [9.17, 15) is 0 Å². The first-order valence-corrected chi connectivity index (χ1v) is 17.6. The quantitative estimate of drug-likeness (QED) is 0.116. The zero-order valence-electron chi connectivity index (χ0n) is 29.1. The minimum atomic E-state index is -0.0896. The van der Waals surface area contributed by atoms with Crippen molar-refractivity contribution in [3.63, 3.8) is 0 Å². The SMILES string of the molecule is Cc1cc[n+]2c(c1)-c1cc3c(ccc4ccccc43)cc1C1C=C2[n+]2ccc(C(C)(C)C)cc2-c2cc3c(cc21)C(C)(C)c1ccccc1-3. The van der Waals surface area contributed by atoms with Gasteiger partial charge in [-0.25, -0.2) is 0 Å². The lowest BCUT2D eigenvalue weighted by molar-refractivity contribution is -0.826. The number of pyridine rings is 2. The number of aromatic nitrogens is 2. The first kappa shape index (κ1) is 28.7. The number of allylic oxidation sites excluding steroid dienone is 1. The average Bonchev–Trinajstić information content (AvgIpc) is 3.18. The number of aryl methyl sites for hydroxylation is 1. The molecule has 2 aliphatic heterocycles. The molecule has 1 unspecified atom stereocenters. The van der Waals surface area contributed by atoms with Gasteiger partial charge in [0, 0.05) is 35.6 Å². The van der Waals surface area contributed by atoms with Gasteiger partial charge in [0.25, 0.3) is 0 Å². The van der Waals surface area contributed by atoms with Gasteiger partial charge in [-0.2, -0.15) is 0 Å². The molecule has 3 aliphatic rings. The van der Waals surface area contributed by atoms with Crippen molar-refractivity contribution in [1.82, 2.24) is 0 Å². The summed E-state index contributed by atoms with van der Waals surface area (Å²) in [4.78, 5) is 0. The third-order valence-corrected chi connectivity index (χ3v) is 11.6. The number of hydrogen-bond donors (Lipinski definition) is 0. The van der Waals surface area contributed by atoms with Crippen LogP contribution >= 0.6 is 0 Å². The topological polar surface area (TPSA) is 7.76 Å². The lowest BCUT2D eigenvalue weighted by atomic mass is 9.77. The largest absolute Gasteiger partial charge is 0.452 e. The molecule has 0 radical (unpaired) electrons. The molecule has 0 N–H and O–H groups in total. The highest BCUT2D eigenvalue weighted by Gasteiger charge is 2.44. The van der Waals surface area contributed by atoms with Crippen molar-refractivity contribution >= 4 is 21.5 Å². The maximum atomic E-state index is 2.57. The van der Waals surface area contributed by atoms with Gasteiger partial charge < -0.3 is 0 Å². The molecule has 0 fully saturated rings. The van der Waals surface area contributed by atoms with Crippen molar-refractivity contribution in [2.75, 3.05) is 0 Å². The van der Waals surface area contributed by atoms with Crippen LogP contribution in [-0.4, -0.2) is 0 Å². The summed E-state index contributed by atoms with van der Waals surface area (Å²) < 4.78 is 4.88. The van der Waals surface area contributed by atoms with Crippen LogP contribution in [-0.2, 0) is 10.8 Å². The van der Waals surface area contributed by atoms with Crippen LogP contribution < -0.4 is 9.13 Å². The van der Waals surface area contributed by atoms with Crippen LogP contribution in [0.3, 0.4) is 0 Å². The second kappa shape index (κ2) is 9.64. The second-order valence-electron chi connectivity index (χ2n) is 16.0. The fourth-order valence-electron chi connectivity index (χ4n) is 8.95. The number of nitrogens with zero attached hydrogens (tertiary/aromatic N) is 2. The summed E-state index contributed by atoms with van der Waals surface area (Å²) in [6.07, 6.45) is 7.13. The second-order valence-corrected chi connectivity index (χ2v) is 16.0. The standard InChI is InChI=1S/C47H40N2/c1-28-17-19-48-43(21-28)39-24-34-30(16-15-29-11-7-8-12-32(29)34)22-35(39)37-27-45(48)49-20-18-31(46(2,3)4)23-44(49)40-25-38-33-13-9-10-14-41(33)47(5,6)42(38)26-36(37)40/h7-27,37H,1-6H3/q+2. The van der Waals surface area contributed by atoms with E-state index in [1.165, 1.54) is 94.4 Å². The molecule has 7 aromatic rings. The van der Waals surface area contributed by atoms with Crippen molar-refractivity contribution < 1.29 is 9.13 Å². The molecule has 236 valence electrons. The molecule has 0 amide bonds. The lowest BCUT2D eigenvalue weighted by Gasteiger charge is -2.25. The van der Waals surface area contributed by atoms with Crippen molar-refractivity contribution in [3.05, 3.63) is 167 Å². The molecule has 2 aromatic heterocycles.